The van der Waals surface area contributed by atoms with Gasteiger partial charge in [0, 0.05) is 26.2 Å². The summed E-state index contributed by atoms with van der Waals surface area (Å²) in [6.07, 6.45) is 2.56. The first-order chi connectivity index (χ1) is 12.5. The van der Waals surface area contributed by atoms with Crippen LogP contribution in [0.1, 0.15) is 43.9 Å². The van der Waals surface area contributed by atoms with Crippen LogP contribution in [0.15, 0.2) is 29.3 Å². The molecule has 0 amide bonds. The highest BCUT2D eigenvalue weighted by molar-refractivity contribution is 14.0. The van der Waals surface area contributed by atoms with E-state index in [0.29, 0.717) is 6.10 Å². The summed E-state index contributed by atoms with van der Waals surface area (Å²) in [7, 11) is 4.25. The molecule has 1 aromatic rings. The number of rotatable bonds is 7. The van der Waals surface area contributed by atoms with Gasteiger partial charge in [0.05, 0.1) is 18.7 Å². The number of halogens is 1. The van der Waals surface area contributed by atoms with Crippen molar-refractivity contribution in [1.82, 2.24) is 15.1 Å². The largest absolute Gasteiger partial charge is 0.378 e. The number of nitrogens with one attached hydrogen (secondary N) is 1. The Kier molecular flexibility index (Phi) is 11.3. The van der Waals surface area contributed by atoms with Crippen molar-refractivity contribution >= 4 is 29.9 Å². The topological polar surface area (TPSA) is 40.1 Å². The summed E-state index contributed by atoms with van der Waals surface area (Å²) in [5.41, 5.74) is 2.61. The molecule has 1 heterocycles. The van der Waals surface area contributed by atoms with E-state index in [2.05, 4.69) is 74.2 Å². The van der Waals surface area contributed by atoms with Crippen LogP contribution in [0.3, 0.4) is 0 Å². The molecule has 2 rings (SSSR count). The highest BCUT2D eigenvalue weighted by Crippen LogP contribution is 2.20. The van der Waals surface area contributed by atoms with E-state index in [1.54, 1.807) is 0 Å². The van der Waals surface area contributed by atoms with Crippen LogP contribution in [-0.2, 0) is 4.74 Å². The highest BCUT2D eigenvalue weighted by Gasteiger charge is 2.22. The average molecular weight is 488 g/mol. The quantitative estimate of drug-likeness (QED) is 0.361. The summed E-state index contributed by atoms with van der Waals surface area (Å²) in [6, 6.07) is 9.08. The Labute approximate surface area is 182 Å². The van der Waals surface area contributed by atoms with Crippen molar-refractivity contribution < 1.29 is 4.74 Å². The Morgan fingerprint density at radius 3 is 2.37 bits per heavy atom. The van der Waals surface area contributed by atoms with Crippen LogP contribution in [-0.4, -0.2) is 68.7 Å². The fourth-order valence-corrected chi connectivity index (χ4v) is 3.42. The van der Waals surface area contributed by atoms with Crippen molar-refractivity contribution in [2.24, 2.45) is 4.99 Å². The third-order valence-electron chi connectivity index (χ3n) is 4.98. The van der Waals surface area contributed by atoms with Gasteiger partial charge in [0.15, 0.2) is 5.96 Å². The number of ether oxygens (including phenoxy) is 1. The fraction of sp³-hybridized carbons (Fsp3) is 0.667. The van der Waals surface area contributed by atoms with Gasteiger partial charge < -0.3 is 19.9 Å². The molecule has 1 saturated heterocycles. The smallest absolute Gasteiger partial charge is 0.193 e. The van der Waals surface area contributed by atoms with Crippen molar-refractivity contribution in [2.75, 3.05) is 46.9 Å². The minimum absolute atomic E-state index is 0. The summed E-state index contributed by atoms with van der Waals surface area (Å²) >= 11 is 0. The molecule has 27 heavy (non-hydrogen) atoms. The Morgan fingerprint density at radius 2 is 1.85 bits per heavy atom. The summed E-state index contributed by atoms with van der Waals surface area (Å²) in [6.45, 7) is 10.8. The lowest BCUT2D eigenvalue weighted by Crippen LogP contribution is -2.47. The number of hydrogen-bond acceptors (Lipinski definition) is 3. The number of aryl methyl sites for hydroxylation is 1. The Balaban J connectivity index is 0.00000364. The number of nitrogens with zero attached hydrogens (tertiary/aromatic N) is 3. The zero-order chi connectivity index (χ0) is 18.9. The molecule has 1 N–H and O–H groups in total. The maximum absolute atomic E-state index is 5.77. The van der Waals surface area contributed by atoms with Crippen LogP contribution in [0.25, 0.3) is 0 Å². The predicted molar refractivity (Wildman–Crippen MR) is 125 cm³/mol. The second-order valence-corrected chi connectivity index (χ2v) is 7.23. The lowest BCUT2D eigenvalue weighted by atomic mass is 10.0. The van der Waals surface area contributed by atoms with Gasteiger partial charge in [0.1, 0.15) is 0 Å². The molecule has 1 unspecified atom stereocenters. The molecule has 6 heteroatoms. The molecule has 1 aromatic carbocycles. The van der Waals surface area contributed by atoms with Crippen molar-refractivity contribution in [3.05, 3.63) is 35.4 Å². The summed E-state index contributed by atoms with van der Waals surface area (Å²) in [5, 5.41) is 3.47. The number of hydrogen-bond donors (Lipinski definition) is 1. The van der Waals surface area contributed by atoms with E-state index < -0.39 is 0 Å². The summed E-state index contributed by atoms with van der Waals surface area (Å²) < 4.78 is 5.77. The maximum atomic E-state index is 5.77. The Hall–Kier alpha value is -0.860. The van der Waals surface area contributed by atoms with E-state index in [-0.39, 0.29) is 30.0 Å². The first kappa shape index (κ1) is 24.2. The number of benzene rings is 1. The molecule has 5 nitrogen and oxygen atoms in total. The van der Waals surface area contributed by atoms with Gasteiger partial charge in [-0.05, 0) is 53.3 Å². The fourth-order valence-electron chi connectivity index (χ4n) is 3.42. The number of likely N-dealkylation sites (N-methyl/N-ethyl adjacent to an activating group) is 1. The second kappa shape index (κ2) is 12.6. The van der Waals surface area contributed by atoms with E-state index in [0.717, 1.165) is 51.6 Å². The molecular weight excluding hydrogens is 451 g/mol. The van der Waals surface area contributed by atoms with Crippen LogP contribution >= 0.6 is 24.0 Å². The first-order valence-electron chi connectivity index (χ1n) is 9.93. The number of piperidine rings is 1. The van der Waals surface area contributed by atoms with Crippen molar-refractivity contribution in [3.63, 3.8) is 0 Å². The van der Waals surface area contributed by atoms with Crippen LogP contribution in [0.5, 0.6) is 0 Å². The van der Waals surface area contributed by atoms with Gasteiger partial charge in [0.2, 0.25) is 0 Å². The van der Waals surface area contributed by atoms with Gasteiger partial charge in [-0.1, -0.05) is 29.8 Å². The minimum Gasteiger partial charge on any atom is -0.378 e. The van der Waals surface area contributed by atoms with Gasteiger partial charge >= 0.3 is 0 Å². The van der Waals surface area contributed by atoms with E-state index in [1.807, 2.05) is 0 Å². The second-order valence-electron chi connectivity index (χ2n) is 7.23. The van der Waals surface area contributed by atoms with E-state index >= 15 is 0 Å². The number of likely N-dealkylation sites (tertiary alicyclic amines) is 1. The summed E-state index contributed by atoms with van der Waals surface area (Å²) in [4.78, 5) is 9.60. The van der Waals surface area contributed by atoms with Gasteiger partial charge in [-0.15, -0.1) is 24.0 Å². The molecular formula is C21H37IN4O. The molecule has 0 bridgehead atoms. The van der Waals surface area contributed by atoms with Gasteiger partial charge in [-0.2, -0.15) is 0 Å². The number of aliphatic imine (C=N–C) groups is 1. The van der Waals surface area contributed by atoms with Crippen LogP contribution in [0.2, 0.25) is 0 Å². The first-order valence-corrected chi connectivity index (χ1v) is 9.93. The molecule has 0 aliphatic carbocycles. The minimum atomic E-state index is 0. The molecule has 1 fully saturated rings. The molecule has 0 saturated carbocycles. The van der Waals surface area contributed by atoms with Crippen molar-refractivity contribution in [1.29, 1.82) is 0 Å². The third-order valence-corrected chi connectivity index (χ3v) is 4.98. The zero-order valence-electron chi connectivity index (χ0n) is 17.6. The van der Waals surface area contributed by atoms with Crippen LogP contribution < -0.4 is 5.32 Å². The predicted octanol–water partition coefficient (Wildman–Crippen LogP) is 3.68. The maximum Gasteiger partial charge on any atom is 0.193 e. The monoisotopic (exact) mass is 488 g/mol. The Bertz CT molecular complexity index is 554. The molecule has 0 spiro atoms. The lowest BCUT2D eigenvalue weighted by Gasteiger charge is -2.34. The molecule has 0 aromatic heterocycles. The lowest BCUT2D eigenvalue weighted by molar-refractivity contribution is 0.0263. The summed E-state index contributed by atoms with van der Waals surface area (Å²) in [5.74, 6) is 1.03. The average Bonchev–Trinajstić information content (AvgIpc) is 2.63. The van der Waals surface area contributed by atoms with Gasteiger partial charge in [-0.25, -0.2) is 0 Å². The molecule has 0 radical (unpaired) electrons. The van der Waals surface area contributed by atoms with Gasteiger partial charge in [0.25, 0.3) is 0 Å². The van der Waals surface area contributed by atoms with Gasteiger partial charge in [-0.3, -0.25) is 4.99 Å². The number of guanidine groups is 1. The molecule has 1 atom stereocenters. The molecule has 1 aliphatic rings. The van der Waals surface area contributed by atoms with E-state index in [4.69, 9.17) is 9.73 Å². The van der Waals surface area contributed by atoms with Crippen molar-refractivity contribution in [3.8, 4) is 0 Å². The van der Waals surface area contributed by atoms with E-state index in [9.17, 15) is 0 Å². The molecule has 154 valence electrons. The highest BCUT2D eigenvalue weighted by atomic mass is 127. The van der Waals surface area contributed by atoms with Crippen LogP contribution in [0.4, 0.5) is 0 Å². The van der Waals surface area contributed by atoms with Crippen molar-refractivity contribution in [2.45, 2.75) is 45.8 Å². The SMILES string of the molecule is CCNC(=NCC(c1ccc(C)cc1)N(C)C)N1CCC(OCC)CC1.I. The third kappa shape index (κ3) is 7.58. The normalized spacial score (nSPS) is 17.0. The van der Waals surface area contributed by atoms with E-state index in [1.165, 1.54) is 11.1 Å². The van der Waals surface area contributed by atoms with Crippen LogP contribution in [0, 0.1) is 6.92 Å². The standard InChI is InChI=1S/C21H36N4O.HI/c1-6-22-21(25-14-12-19(13-15-25)26-7-2)23-16-20(24(4)5)18-10-8-17(3)9-11-18;/h8-11,19-20H,6-7,12-16H2,1-5H3,(H,22,23);1H. The Morgan fingerprint density at radius 1 is 1.22 bits per heavy atom. The zero-order valence-corrected chi connectivity index (χ0v) is 19.9. The molecule has 1 aliphatic heterocycles.